The van der Waals surface area contributed by atoms with Crippen molar-refractivity contribution in [3.05, 3.63) is 60.2 Å². The van der Waals surface area contributed by atoms with Gasteiger partial charge in [0.2, 0.25) is 0 Å². The number of ether oxygens (including phenoxy) is 2. The van der Waals surface area contributed by atoms with Crippen molar-refractivity contribution in [2.75, 3.05) is 13.2 Å². The zero-order chi connectivity index (χ0) is 17.6. The Labute approximate surface area is 145 Å². The van der Waals surface area contributed by atoms with E-state index >= 15 is 0 Å². The molecule has 0 saturated heterocycles. The summed E-state index contributed by atoms with van der Waals surface area (Å²) in [5, 5.41) is 3.96. The SMILES string of the molecule is NC(=O)NC(=O)[C@@H]([NH2+]C[C@@H]1COc2ccccc2O1)c1ccccc1. The highest BCUT2D eigenvalue weighted by molar-refractivity contribution is 5.96. The van der Waals surface area contributed by atoms with Crippen LogP contribution in [0.2, 0.25) is 0 Å². The summed E-state index contributed by atoms with van der Waals surface area (Å²) in [7, 11) is 0. The second-order valence-corrected chi connectivity index (χ2v) is 5.71. The van der Waals surface area contributed by atoms with Crippen LogP contribution < -0.4 is 25.8 Å². The second-order valence-electron chi connectivity index (χ2n) is 5.71. The van der Waals surface area contributed by atoms with Gasteiger partial charge in [-0.2, -0.15) is 0 Å². The molecule has 0 aliphatic carbocycles. The standard InChI is InChI=1S/C18H19N3O4/c19-18(23)21-17(22)16(12-6-2-1-3-7-12)20-10-13-11-24-14-8-4-5-9-15(14)25-13/h1-9,13,16,20H,10-11H2,(H3,19,21,22,23)/p+1/t13-,16+/m1/s1. The molecule has 0 saturated carbocycles. The van der Waals surface area contributed by atoms with E-state index in [1.54, 1.807) is 0 Å². The minimum absolute atomic E-state index is 0.206. The molecule has 0 bridgehead atoms. The van der Waals surface area contributed by atoms with Crippen LogP contribution in [-0.4, -0.2) is 31.2 Å². The molecule has 1 aliphatic heterocycles. The lowest BCUT2D eigenvalue weighted by Gasteiger charge is -2.26. The summed E-state index contributed by atoms with van der Waals surface area (Å²) in [5.74, 6) is 0.936. The van der Waals surface area contributed by atoms with Gasteiger partial charge in [-0.1, -0.05) is 42.5 Å². The van der Waals surface area contributed by atoms with Crippen molar-refractivity contribution < 1.29 is 24.4 Å². The summed E-state index contributed by atoms with van der Waals surface area (Å²) in [6.07, 6.45) is -0.206. The Morgan fingerprint density at radius 3 is 2.52 bits per heavy atom. The number of benzene rings is 2. The van der Waals surface area contributed by atoms with Crippen LogP contribution in [-0.2, 0) is 4.79 Å². The molecule has 1 heterocycles. The van der Waals surface area contributed by atoms with Gasteiger partial charge in [0.25, 0.3) is 5.91 Å². The molecule has 2 aromatic rings. The number of hydrogen-bond donors (Lipinski definition) is 3. The number of nitrogens with one attached hydrogen (secondary N) is 1. The van der Waals surface area contributed by atoms with Crippen LogP contribution >= 0.6 is 0 Å². The van der Waals surface area contributed by atoms with Gasteiger partial charge in [0.05, 0.1) is 0 Å². The van der Waals surface area contributed by atoms with E-state index in [1.165, 1.54) is 0 Å². The number of rotatable bonds is 5. The van der Waals surface area contributed by atoms with Crippen molar-refractivity contribution >= 4 is 11.9 Å². The fourth-order valence-electron chi connectivity index (χ4n) is 2.72. The summed E-state index contributed by atoms with van der Waals surface area (Å²) in [4.78, 5) is 23.3. The van der Waals surface area contributed by atoms with E-state index < -0.39 is 18.0 Å². The van der Waals surface area contributed by atoms with Crippen molar-refractivity contribution in [2.24, 2.45) is 5.73 Å². The molecule has 130 valence electrons. The lowest BCUT2D eigenvalue weighted by molar-refractivity contribution is -0.688. The molecule has 3 rings (SSSR count). The summed E-state index contributed by atoms with van der Waals surface area (Å²) in [6, 6.07) is 15.2. The topological polar surface area (TPSA) is 107 Å². The van der Waals surface area contributed by atoms with Gasteiger partial charge in [0.1, 0.15) is 13.2 Å². The van der Waals surface area contributed by atoms with Crippen LogP contribution in [0.5, 0.6) is 11.5 Å². The predicted octanol–water partition coefficient (Wildman–Crippen LogP) is 0.326. The maximum atomic E-state index is 12.3. The third-order valence-corrected chi connectivity index (χ3v) is 3.89. The van der Waals surface area contributed by atoms with Gasteiger partial charge in [-0.3, -0.25) is 10.1 Å². The molecular formula is C18H20N3O4+. The van der Waals surface area contributed by atoms with E-state index in [9.17, 15) is 9.59 Å². The van der Waals surface area contributed by atoms with E-state index in [1.807, 2.05) is 59.9 Å². The van der Waals surface area contributed by atoms with E-state index in [4.69, 9.17) is 15.2 Å². The van der Waals surface area contributed by atoms with Crippen LogP contribution in [0.3, 0.4) is 0 Å². The summed E-state index contributed by atoms with van der Waals surface area (Å²) in [5.41, 5.74) is 5.85. The maximum absolute atomic E-state index is 12.3. The number of amides is 3. The quantitative estimate of drug-likeness (QED) is 0.727. The van der Waals surface area contributed by atoms with E-state index in [-0.39, 0.29) is 6.10 Å². The molecule has 0 unspecified atom stereocenters. The summed E-state index contributed by atoms with van der Waals surface area (Å²) >= 11 is 0. The fraction of sp³-hybridized carbons (Fsp3) is 0.222. The number of carbonyl (C=O) groups excluding carboxylic acids is 2. The average molecular weight is 342 g/mol. The number of imide groups is 1. The van der Waals surface area contributed by atoms with Gasteiger partial charge in [-0.25, -0.2) is 4.79 Å². The number of quaternary nitrogens is 1. The van der Waals surface area contributed by atoms with Crippen molar-refractivity contribution in [2.45, 2.75) is 12.1 Å². The first-order valence-corrected chi connectivity index (χ1v) is 8.00. The van der Waals surface area contributed by atoms with E-state index in [2.05, 4.69) is 5.32 Å². The number of fused-ring (bicyclic) bond motifs is 1. The molecule has 0 spiro atoms. The number of carbonyl (C=O) groups is 2. The summed E-state index contributed by atoms with van der Waals surface area (Å²) in [6.45, 7) is 0.881. The zero-order valence-electron chi connectivity index (χ0n) is 13.6. The Bertz CT molecular complexity index is 751. The molecule has 0 radical (unpaired) electrons. The van der Waals surface area contributed by atoms with Gasteiger partial charge in [-0.05, 0) is 12.1 Å². The Hall–Kier alpha value is -3.06. The Kier molecular flexibility index (Phi) is 5.15. The van der Waals surface area contributed by atoms with Crippen LogP contribution in [0.4, 0.5) is 4.79 Å². The number of urea groups is 1. The van der Waals surface area contributed by atoms with Gasteiger partial charge >= 0.3 is 6.03 Å². The molecule has 7 heteroatoms. The molecular weight excluding hydrogens is 322 g/mol. The van der Waals surface area contributed by atoms with Crippen molar-refractivity contribution in [3.63, 3.8) is 0 Å². The molecule has 2 atom stereocenters. The summed E-state index contributed by atoms with van der Waals surface area (Å²) < 4.78 is 11.6. The fourth-order valence-corrected chi connectivity index (χ4v) is 2.72. The molecule has 7 nitrogen and oxygen atoms in total. The second kappa shape index (κ2) is 7.67. The number of para-hydroxylation sites is 2. The van der Waals surface area contributed by atoms with E-state index in [0.29, 0.717) is 24.7 Å². The minimum atomic E-state index is -0.870. The Morgan fingerprint density at radius 2 is 1.80 bits per heavy atom. The molecule has 0 fully saturated rings. The number of nitrogens with two attached hydrogens (primary N) is 2. The smallest absolute Gasteiger partial charge is 0.319 e. The largest absolute Gasteiger partial charge is 0.486 e. The Balaban J connectivity index is 1.67. The maximum Gasteiger partial charge on any atom is 0.319 e. The third kappa shape index (κ3) is 4.27. The molecule has 0 aromatic heterocycles. The third-order valence-electron chi connectivity index (χ3n) is 3.89. The predicted molar refractivity (Wildman–Crippen MR) is 90.1 cm³/mol. The van der Waals surface area contributed by atoms with Crippen LogP contribution in [0.25, 0.3) is 0 Å². The van der Waals surface area contributed by atoms with Gasteiger partial charge in [0.15, 0.2) is 23.6 Å². The zero-order valence-corrected chi connectivity index (χ0v) is 13.6. The van der Waals surface area contributed by atoms with Crippen LogP contribution in [0.15, 0.2) is 54.6 Å². The van der Waals surface area contributed by atoms with Crippen LogP contribution in [0.1, 0.15) is 11.6 Å². The first-order chi connectivity index (χ1) is 12.1. The van der Waals surface area contributed by atoms with Gasteiger partial charge < -0.3 is 20.5 Å². The highest BCUT2D eigenvalue weighted by Gasteiger charge is 2.28. The van der Waals surface area contributed by atoms with Gasteiger partial charge in [-0.15, -0.1) is 0 Å². The van der Waals surface area contributed by atoms with Gasteiger partial charge in [0, 0.05) is 5.56 Å². The highest BCUT2D eigenvalue weighted by Crippen LogP contribution is 2.30. The van der Waals surface area contributed by atoms with Crippen molar-refractivity contribution in [3.8, 4) is 11.5 Å². The van der Waals surface area contributed by atoms with Crippen LogP contribution in [0, 0.1) is 0 Å². The molecule has 25 heavy (non-hydrogen) atoms. The van der Waals surface area contributed by atoms with E-state index in [0.717, 1.165) is 5.56 Å². The van der Waals surface area contributed by atoms with Crippen molar-refractivity contribution in [1.82, 2.24) is 5.32 Å². The molecule has 1 aliphatic rings. The first kappa shape index (κ1) is 16.8. The Morgan fingerprint density at radius 1 is 1.12 bits per heavy atom. The van der Waals surface area contributed by atoms with Crippen molar-refractivity contribution in [1.29, 1.82) is 0 Å². The molecule has 5 N–H and O–H groups in total. The normalized spacial score (nSPS) is 16.7. The lowest BCUT2D eigenvalue weighted by atomic mass is 10.1. The molecule has 2 aromatic carbocycles. The lowest BCUT2D eigenvalue weighted by Crippen LogP contribution is -2.90. The number of hydrogen-bond acceptors (Lipinski definition) is 4. The average Bonchev–Trinajstić information content (AvgIpc) is 2.62. The monoisotopic (exact) mass is 342 g/mol. The minimum Gasteiger partial charge on any atom is -0.486 e. The molecule has 3 amide bonds. The first-order valence-electron chi connectivity index (χ1n) is 8.00. The highest BCUT2D eigenvalue weighted by atomic mass is 16.6. The number of primary amides is 1.